The van der Waals surface area contributed by atoms with Gasteiger partial charge in [0.05, 0.1) is 25.4 Å². The Kier molecular flexibility index (Phi) is 7.20. The summed E-state index contributed by atoms with van der Waals surface area (Å²) in [5.74, 6) is -0.364. The van der Waals surface area contributed by atoms with E-state index < -0.39 is 12.2 Å². The van der Waals surface area contributed by atoms with E-state index in [1.165, 1.54) is 12.1 Å². The lowest BCUT2D eigenvalue weighted by atomic mass is 9.98. The smallest absolute Gasteiger partial charge is 0.254 e. The van der Waals surface area contributed by atoms with Crippen molar-refractivity contribution in [3.05, 3.63) is 30.1 Å². The van der Waals surface area contributed by atoms with E-state index in [9.17, 15) is 14.3 Å². The van der Waals surface area contributed by atoms with Crippen LogP contribution >= 0.6 is 0 Å². The number of halogens is 1. The van der Waals surface area contributed by atoms with E-state index in [4.69, 9.17) is 9.47 Å². The number of aliphatic hydroxyl groups is 1. The van der Waals surface area contributed by atoms with Crippen molar-refractivity contribution in [3.63, 3.8) is 0 Å². The van der Waals surface area contributed by atoms with Crippen LogP contribution in [0.1, 0.15) is 19.3 Å². The number of nitrogens with zero attached hydrogens (tertiary/aromatic N) is 3. The van der Waals surface area contributed by atoms with Gasteiger partial charge in [0.1, 0.15) is 5.82 Å². The van der Waals surface area contributed by atoms with Crippen molar-refractivity contribution in [1.29, 1.82) is 0 Å². The molecule has 3 heterocycles. The first-order valence-corrected chi connectivity index (χ1v) is 11.0. The fourth-order valence-corrected chi connectivity index (χ4v) is 4.48. The van der Waals surface area contributed by atoms with Gasteiger partial charge in [0.2, 0.25) is 0 Å². The minimum atomic E-state index is -0.772. The maximum absolute atomic E-state index is 13.1. The molecule has 30 heavy (non-hydrogen) atoms. The fourth-order valence-electron chi connectivity index (χ4n) is 4.48. The number of amides is 1. The summed E-state index contributed by atoms with van der Waals surface area (Å²) in [6.07, 6.45) is 0.742. The van der Waals surface area contributed by atoms with Crippen molar-refractivity contribution in [2.45, 2.75) is 37.6 Å². The topological polar surface area (TPSA) is 65.5 Å². The van der Waals surface area contributed by atoms with Gasteiger partial charge in [-0.2, -0.15) is 0 Å². The van der Waals surface area contributed by atoms with Crippen LogP contribution in [-0.2, 0) is 14.3 Å². The zero-order valence-electron chi connectivity index (χ0n) is 17.4. The summed E-state index contributed by atoms with van der Waals surface area (Å²) in [7, 11) is 0. The lowest BCUT2D eigenvalue weighted by Crippen LogP contribution is -2.56. The van der Waals surface area contributed by atoms with Crippen LogP contribution in [0, 0.1) is 5.82 Å². The molecule has 3 fully saturated rings. The minimum absolute atomic E-state index is 0.00528. The van der Waals surface area contributed by atoms with Crippen LogP contribution in [0.3, 0.4) is 0 Å². The van der Waals surface area contributed by atoms with E-state index in [-0.39, 0.29) is 17.8 Å². The summed E-state index contributed by atoms with van der Waals surface area (Å²) >= 11 is 0. The molecule has 166 valence electrons. The molecule has 3 aliphatic heterocycles. The Balaban J connectivity index is 1.27. The van der Waals surface area contributed by atoms with Gasteiger partial charge in [-0.25, -0.2) is 4.39 Å². The Labute approximate surface area is 177 Å². The Bertz CT molecular complexity index is 690. The normalized spacial score (nSPS) is 28.5. The monoisotopic (exact) mass is 421 g/mol. The number of benzene rings is 1. The lowest BCUT2D eigenvalue weighted by molar-refractivity contribution is -0.169. The van der Waals surface area contributed by atoms with Crippen molar-refractivity contribution < 1.29 is 23.8 Å². The summed E-state index contributed by atoms with van der Waals surface area (Å²) in [6, 6.07) is 6.44. The highest BCUT2D eigenvalue weighted by Gasteiger charge is 2.38. The van der Waals surface area contributed by atoms with Gasteiger partial charge in [0, 0.05) is 51.5 Å². The molecule has 0 saturated carbocycles. The molecule has 8 heteroatoms. The van der Waals surface area contributed by atoms with Crippen LogP contribution in [0.5, 0.6) is 0 Å². The number of rotatable bonds is 5. The first kappa shape index (κ1) is 21.5. The van der Waals surface area contributed by atoms with Gasteiger partial charge in [0.15, 0.2) is 6.10 Å². The second kappa shape index (κ2) is 10.0. The molecule has 1 aromatic rings. The van der Waals surface area contributed by atoms with E-state index in [1.54, 1.807) is 17.0 Å². The average Bonchev–Trinajstić information content (AvgIpc) is 2.79. The molecular weight excluding hydrogens is 389 g/mol. The predicted octanol–water partition coefficient (Wildman–Crippen LogP) is 1.11. The van der Waals surface area contributed by atoms with Gasteiger partial charge >= 0.3 is 0 Å². The van der Waals surface area contributed by atoms with Crippen molar-refractivity contribution in [1.82, 2.24) is 9.80 Å². The van der Waals surface area contributed by atoms with E-state index in [0.29, 0.717) is 32.6 Å². The molecule has 0 unspecified atom stereocenters. The molecule has 1 amide bonds. The summed E-state index contributed by atoms with van der Waals surface area (Å²) in [6.45, 7) is 6.86. The van der Waals surface area contributed by atoms with Gasteiger partial charge in [-0.05, 0) is 43.5 Å². The number of piperazine rings is 1. The number of morpholine rings is 1. The molecular formula is C22H32FN3O4. The van der Waals surface area contributed by atoms with E-state index in [0.717, 1.165) is 51.4 Å². The summed E-state index contributed by atoms with van der Waals surface area (Å²) in [4.78, 5) is 19.3. The van der Waals surface area contributed by atoms with Crippen molar-refractivity contribution >= 4 is 11.6 Å². The van der Waals surface area contributed by atoms with Crippen LogP contribution in [0.25, 0.3) is 0 Å². The van der Waals surface area contributed by atoms with Crippen LogP contribution in [-0.4, -0.2) is 98.2 Å². The molecule has 3 aliphatic rings. The molecule has 0 aromatic heterocycles. The van der Waals surface area contributed by atoms with E-state index >= 15 is 0 Å². The fraction of sp³-hybridized carbons (Fsp3) is 0.682. The molecule has 3 atom stereocenters. The van der Waals surface area contributed by atoms with Crippen LogP contribution in [0.2, 0.25) is 0 Å². The van der Waals surface area contributed by atoms with Crippen molar-refractivity contribution in [2.24, 2.45) is 0 Å². The second-order valence-electron chi connectivity index (χ2n) is 8.35. The first-order chi connectivity index (χ1) is 14.6. The lowest BCUT2D eigenvalue weighted by Gasteiger charge is -2.40. The van der Waals surface area contributed by atoms with Crippen molar-refractivity contribution in [3.8, 4) is 0 Å². The van der Waals surface area contributed by atoms with Gasteiger partial charge in [0.25, 0.3) is 5.91 Å². The first-order valence-electron chi connectivity index (χ1n) is 11.0. The predicted molar refractivity (Wildman–Crippen MR) is 111 cm³/mol. The maximum Gasteiger partial charge on any atom is 0.254 e. The number of aliphatic hydroxyl groups excluding tert-OH is 1. The SMILES string of the molecule is O=C([C@H]1O[C@H](CCN2CCOCC2)CC[C@@H]1O)N1CCN(c2ccc(F)cc2)CC1. The number of anilines is 1. The number of ether oxygens (including phenoxy) is 2. The Morgan fingerprint density at radius 3 is 2.43 bits per heavy atom. The molecule has 0 spiro atoms. The zero-order chi connectivity index (χ0) is 20.9. The quantitative estimate of drug-likeness (QED) is 0.768. The molecule has 0 aliphatic carbocycles. The van der Waals surface area contributed by atoms with E-state index in [1.807, 2.05) is 0 Å². The highest BCUT2D eigenvalue weighted by Crippen LogP contribution is 2.25. The van der Waals surface area contributed by atoms with Crippen molar-refractivity contribution in [2.75, 3.05) is 63.9 Å². The molecule has 0 bridgehead atoms. The standard InChI is InChI=1S/C22H32FN3O4/c23-17-1-3-18(4-2-17)25-9-11-26(12-10-25)22(28)21-20(27)6-5-19(30-21)7-8-24-13-15-29-16-14-24/h1-4,19-21,27H,5-16H2/t19-,20-,21-/m0/s1. The average molecular weight is 422 g/mol. The molecule has 3 saturated heterocycles. The summed E-state index contributed by atoms with van der Waals surface area (Å²) in [5, 5.41) is 10.4. The Morgan fingerprint density at radius 1 is 1.03 bits per heavy atom. The highest BCUT2D eigenvalue weighted by molar-refractivity contribution is 5.82. The Hall–Kier alpha value is -1.74. The molecule has 0 radical (unpaired) electrons. The highest BCUT2D eigenvalue weighted by atomic mass is 19.1. The van der Waals surface area contributed by atoms with Crippen LogP contribution in [0.4, 0.5) is 10.1 Å². The largest absolute Gasteiger partial charge is 0.390 e. The zero-order valence-corrected chi connectivity index (χ0v) is 17.4. The number of hydrogen-bond donors (Lipinski definition) is 1. The minimum Gasteiger partial charge on any atom is -0.390 e. The van der Waals surface area contributed by atoms with E-state index in [2.05, 4.69) is 9.80 Å². The molecule has 7 nitrogen and oxygen atoms in total. The van der Waals surface area contributed by atoms with Gasteiger partial charge in [-0.1, -0.05) is 0 Å². The summed E-state index contributed by atoms with van der Waals surface area (Å²) in [5.41, 5.74) is 0.959. The second-order valence-corrected chi connectivity index (χ2v) is 8.35. The maximum atomic E-state index is 13.1. The summed E-state index contributed by atoms with van der Waals surface area (Å²) < 4.78 is 24.6. The third-order valence-corrected chi connectivity index (χ3v) is 6.37. The van der Waals surface area contributed by atoms with Gasteiger partial charge in [-0.15, -0.1) is 0 Å². The van der Waals surface area contributed by atoms with Crippen LogP contribution in [0.15, 0.2) is 24.3 Å². The number of carbonyl (C=O) groups is 1. The number of hydrogen-bond acceptors (Lipinski definition) is 6. The molecule has 1 N–H and O–H groups in total. The Morgan fingerprint density at radius 2 is 1.73 bits per heavy atom. The third kappa shape index (κ3) is 5.29. The molecule has 1 aromatic carbocycles. The number of carbonyl (C=O) groups excluding carboxylic acids is 1. The van der Waals surface area contributed by atoms with Gasteiger partial charge < -0.3 is 24.4 Å². The van der Waals surface area contributed by atoms with Crippen LogP contribution < -0.4 is 4.90 Å². The van der Waals surface area contributed by atoms with Gasteiger partial charge in [-0.3, -0.25) is 9.69 Å². The molecule has 4 rings (SSSR count). The third-order valence-electron chi connectivity index (χ3n) is 6.37.